The zero-order chi connectivity index (χ0) is 10.4. The van der Waals surface area contributed by atoms with E-state index in [1.807, 2.05) is 13.8 Å². The highest BCUT2D eigenvalue weighted by atomic mass is 16.5. The number of hydrogen-bond acceptors (Lipinski definition) is 4. The Morgan fingerprint density at radius 1 is 1.38 bits per heavy atom. The van der Waals surface area contributed by atoms with Crippen molar-refractivity contribution in [1.29, 1.82) is 0 Å². The number of carbonyl (C=O) groups excluding carboxylic acids is 1. The molecule has 0 amide bonds. The number of rotatable bonds is 5. The second kappa shape index (κ2) is 5.94. The molecule has 0 saturated heterocycles. The highest BCUT2D eigenvalue weighted by Gasteiger charge is 2.25. The Kier molecular flexibility index (Phi) is 5.66. The van der Waals surface area contributed by atoms with Crippen molar-refractivity contribution in [3.8, 4) is 0 Å². The molecule has 0 bridgehead atoms. The topological polar surface area (TPSA) is 66.8 Å². The first-order valence-corrected chi connectivity index (χ1v) is 4.51. The van der Waals surface area contributed by atoms with Crippen molar-refractivity contribution in [1.82, 2.24) is 0 Å². The summed E-state index contributed by atoms with van der Waals surface area (Å²) in [6, 6.07) is 0. The first-order chi connectivity index (χ1) is 5.99. The predicted molar refractivity (Wildman–Crippen MR) is 48.1 cm³/mol. The van der Waals surface area contributed by atoms with Crippen LogP contribution in [-0.2, 0) is 9.53 Å². The lowest BCUT2D eigenvalue weighted by Crippen LogP contribution is -2.36. The fraction of sp³-hybridized carbons (Fsp3) is 0.889. The molecular formula is C9H18O4. The van der Waals surface area contributed by atoms with E-state index in [0.717, 1.165) is 0 Å². The SMILES string of the molecule is CCOC(=O)[C@H](O)[C@@H](O)CC(C)C. The lowest BCUT2D eigenvalue weighted by Gasteiger charge is -2.17. The Hall–Kier alpha value is -0.610. The minimum Gasteiger partial charge on any atom is -0.464 e. The molecule has 2 atom stereocenters. The average Bonchev–Trinajstić information content (AvgIpc) is 2.02. The fourth-order valence-electron chi connectivity index (χ4n) is 0.997. The molecule has 0 rings (SSSR count). The number of aliphatic hydroxyl groups excluding tert-OH is 2. The fourth-order valence-corrected chi connectivity index (χ4v) is 0.997. The van der Waals surface area contributed by atoms with Crippen molar-refractivity contribution < 1.29 is 19.7 Å². The molecule has 0 aliphatic carbocycles. The normalized spacial score (nSPS) is 15.5. The summed E-state index contributed by atoms with van der Waals surface area (Å²) >= 11 is 0. The standard InChI is InChI=1S/C9H18O4/c1-4-13-9(12)8(11)7(10)5-6(2)3/h6-8,10-11H,4-5H2,1-3H3/t7-,8+/m0/s1. The lowest BCUT2D eigenvalue weighted by molar-refractivity contribution is -0.159. The molecule has 4 heteroatoms. The van der Waals surface area contributed by atoms with Crippen LogP contribution < -0.4 is 0 Å². The Labute approximate surface area is 78.5 Å². The van der Waals surface area contributed by atoms with E-state index in [0.29, 0.717) is 6.42 Å². The van der Waals surface area contributed by atoms with Gasteiger partial charge < -0.3 is 14.9 Å². The average molecular weight is 190 g/mol. The summed E-state index contributed by atoms with van der Waals surface area (Å²) in [6.07, 6.45) is -2.05. The minimum atomic E-state index is -1.41. The van der Waals surface area contributed by atoms with Crippen LogP contribution in [0.5, 0.6) is 0 Å². The zero-order valence-corrected chi connectivity index (χ0v) is 8.36. The monoisotopic (exact) mass is 190 g/mol. The summed E-state index contributed by atoms with van der Waals surface area (Å²) in [5.74, 6) is -0.519. The van der Waals surface area contributed by atoms with E-state index >= 15 is 0 Å². The van der Waals surface area contributed by atoms with Gasteiger partial charge in [0.1, 0.15) is 0 Å². The highest BCUT2D eigenvalue weighted by molar-refractivity contribution is 5.75. The van der Waals surface area contributed by atoms with Crippen molar-refractivity contribution in [3.63, 3.8) is 0 Å². The number of carbonyl (C=O) groups is 1. The van der Waals surface area contributed by atoms with E-state index in [-0.39, 0.29) is 12.5 Å². The summed E-state index contributed by atoms with van der Waals surface area (Å²) in [7, 11) is 0. The zero-order valence-electron chi connectivity index (χ0n) is 8.36. The first kappa shape index (κ1) is 12.4. The number of hydrogen-bond donors (Lipinski definition) is 2. The maximum absolute atomic E-state index is 10.9. The summed E-state index contributed by atoms with van der Waals surface area (Å²) in [6.45, 7) is 5.67. The van der Waals surface area contributed by atoms with Crippen LogP contribution in [0.4, 0.5) is 0 Å². The van der Waals surface area contributed by atoms with Gasteiger partial charge in [-0.2, -0.15) is 0 Å². The van der Waals surface area contributed by atoms with E-state index in [4.69, 9.17) is 0 Å². The molecule has 0 heterocycles. The molecule has 78 valence electrons. The van der Waals surface area contributed by atoms with Gasteiger partial charge in [-0.25, -0.2) is 4.79 Å². The van der Waals surface area contributed by atoms with Gasteiger partial charge in [-0.05, 0) is 19.3 Å². The van der Waals surface area contributed by atoms with Crippen LogP contribution in [0.15, 0.2) is 0 Å². The van der Waals surface area contributed by atoms with Crippen LogP contribution in [0.3, 0.4) is 0 Å². The van der Waals surface area contributed by atoms with Gasteiger partial charge in [0, 0.05) is 0 Å². The lowest BCUT2D eigenvalue weighted by atomic mass is 10.0. The van der Waals surface area contributed by atoms with Crippen molar-refractivity contribution in [2.24, 2.45) is 5.92 Å². The second-order valence-corrected chi connectivity index (χ2v) is 3.39. The molecule has 0 aliphatic heterocycles. The van der Waals surface area contributed by atoms with E-state index in [9.17, 15) is 15.0 Å². The molecule has 0 aliphatic rings. The smallest absolute Gasteiger partial charge is 0.337 e. The molecule has 13 heavy (non-hydrogen) atoms. The molecule has 4 nitrogen and oxygen atoms in total. The number of aliphatic hydroxyl groups is 2. The number of ether oxygens (including phenoxy) is 1. The van der Waals surface area contributed by atoms with Crippen molar-refractivity contribution in [2.45, 2.75) is 39.4 Å². The van der Waals surface area contributed by atoms with Crippen LogP contribution in [0.25, 0.3) is 0 Å². The molecule has 0 unspecified atom stereocenters. The molecular weight excluding hydrogens is 172 g/mol. The Morgan fingerprint density at radius 3 is 2.31 bits per heavy atom. The summed E-state index contributed by atoms with van der Waals surface area (Å²) in [5, 5.41) is 18.6. The van der Waals surface area contributed by atoms with Crippen LogP contribution in [0.2, 0.25) is 0 Å². The van der Waals surface area contributed by atoms with Gasteiger partial charge in [-0.3, -0.25) is 0 Å². The quantitative estimate of drug-likeness (QED) is 0.613. The van der Waals surface area contributed by atoms with Crippen molar-refractivity contribution in [3.05, 3.63) is 0 Å². The molecule has 2 N–H and O–H groups in total. The first-order valence-electron chi connectivity index (χ1n) is 4.51. The van der Waals surface area contributed by atoms with Crippen molar-refractivity contribution in [2.75, 3.05) is 6.61 Å². The molecule has 0 aromatic rings. The van der Waals surface area contributed by atoms with Crippen LogP contribution in [0.1, 0.15) is 27.2 Å². The Bertz CT molecular complexity index is 156. The van der Waals surface area contributed by atoms with Gasteiger partial charge in [0.15, 0.2) is 6.10 Å². The summed E-state index contributed by atoms with van der Waals surface area (Å²) < 4.78 is 4.56. The number of esters is 1. The van der Waals surface area contributed by atoms with E-state index in [1.165, 1.54) is 0 Å². The van der Waals surface area contributed by atoms with Gasteiger partial charge in [-0.15, -0.1) is 0 Å². The largest absolute Gasteiger partial charge is 0.464 e. The van der Waals surface area contributed by atoms with Gasteiger partial charge in [-0.1, -0.05) is 13.8 Å². The third-order valence-corrected chi connectivity index (χ3v) is 1.61. The molecule has 0 aromatic heterocycles. The molecule has 0 fully saturated rings. The molecule has 0 aromatic carbocycles. The van der Waals surface area contributed by atoms with Crippen LogP contribution in [-0.4, -0.2) is 35.0 Å². The molecule has 0 saturated carbocycles. The third kappa shape index (κ3) is 4.85. The maximum atomic E-state index is 10.9. The van der Waals surface area contributed by atoms with E-state index < -0.39 is 18.2 Å². The third-order valence-electron chi connectivity index (χ3n) is 1.61. The van der Waals surface area contributed by atoms with Gasteiger partial charge >= 0.3 is 5.97 Å². The second-order valence-electron chi connectivity index (χ2n) is 3.39. The van der Waals surface area contributed by atoms with Crippen LogP contribution in [0, 0.1) is 5.92 Å². The van der Waals surface area contributed by atoms with Gasteiger partial charge in [0.25, 0.3) is 0 Å². The summed E-state index contributed by atoms with van der Waals surface area (Å²) in [5.41, 5.74) is 0. The maximum Gasteiger partial charge on any atom is 0.337 e. The van der Waals surface area contributed by atoms with E-state index in [1.54, 1.807) is 6.92 Å². The predicted octanol–water partition coefficient (Wildman–Crippen LogP) is 0.317. The van der Waals surface area contributed by atoms with Gasteiger partial charge in [0.05, 0.1) is 12.7 Å². The van der Waals surface area contributed by atoms with E-state index in [2.05, 4.69) is 4.74 Å². The molecule has 0 spiro atoms. The Balaban J connectivity index is 3.93. The highest BCUT2D eigenvalue weighted by Crippen LogP contribution is 2.09. The van der Waals surface area contributed by atoms with Crippen molar-refractivity contribution >= 4 is 5.97 Å². The van der Waals surface area contributed by atoms with Gasteiger partial charge in [0.2, 0.25) is 0 Å². The Morgan fingerprint density at radius 2 is 1.92 bits per heavy atom. The minimum absolute atomic E-state index is 0.213. The van der Waals surface area contributed by atoms with Crippen LogP contribution >= 0.6 is 0 Å². The summed E-state index contributed by atoms with van der Waals surface area (Å²) in [4.78, 5) is 10.9. The molecule has 0 radical (unpaired) electrons.